The van der Waals surface area contributed by atoms with Crippen LogP contribution in [0.3, 0.4) is 0 Å². The lowest BCUT2D eigenvalue weighted by atomic mass is 10.1. The first kappa shape index (κ1) is 16.7. The van der Waals surface area contributed by atoms with Crippen LogP contribution < -0.4 is 0 Å². The van der Waals surface area contributed by atoms with E-state index >= 15 is 0 Å². The minimum atomic E-state index is 0.0607. The smallest absolute Gasteiger partial charge is 0.160 e. The summed E-state index contributed by atoms with van der Waals surface area (Å²) in [7, 11) is 0. The summed E-state index contributed by atoms with van der Waals surface area (Å²) in [6.45, 7) is 9.79. The van der Waals surface area contributed by atoms with Gasteiger partial charge in [-0.15, -0.1) is 12.6 Å². The van der Waals surface area contributed by atoms with E-state index in [0.29, 0.717) is 5.56 Å². The van der Waals surface area contributed by atoms with Gasteiger partial charge in [-0.05, 0) is 13.0 Å². The van der Waals surface area contributed by atoms with Gasteiger partial charge in [-0.25, -0.2) is 0 Å². The van der Waals surface area contributed by atoms with Crippen molar-refractivity contribution in [2.45, 2.75) is 45.9 Å². The van der Waals surface area contributed by atoms with Crippen LogP contribution in [0, 0.1) is 0 Å². The SMILES string of the molecule is CC.CC(=O)c1ccccc1S.CCC. The predicted molar refractivity (Wildman–Crippen MR) is 71.0 cm³/mol. The second kappa shape index (κ2) is 11.3. The molecule has 0 aliphatic rings. The predicted octanol–water partition coefficient (Wildman–Crippen LogP) is 4.62. The lowest BCUT2D eigenvalue weighted by Crippen LogP contribution is -1.91. The highest BCUT2D eigenvalue weighted by atomic mass is 32.1. The summed E-state index contributed by atoms with van der Waals surface area (Å²) < 4.78 is 0. The summed E-state index contributed by atoms with van der Waals surface area (Å²) in [5.74, 6) is 0.0607. The van der Waals surface area contributed by atoms with Crippen molar-refractivity contribution in [1.82, 2.24) is 0 Å². The molecular formula is C13H22OS. The third-order valence-electron chi connectivity index (χ3n) is 1.28. The number of benzene rings is 1. The maximum Gasteiger partial charge on any atom is 0.160 e. The first-order chi connectivity index (χ1) is 7.13. The second-order valence-electron chi connectivity index (χ2n) is 2.78. The fourth-order valence-corrected chi connectivity index (χ4v) is 1.09. The van der Waals surface area contributed by atoms with Crippen LogP contribution in [0.2, 0.25) is 0 Å². The van der Waals surface area contributed by atoms with Gasteiger partial charge in [0.25, 0.3) is 0 Å². The Hall–Kier alpha value is -0.760. The molecule has 0 N–H and O–H groups in total. The van der Waals surface area contributed by atoms with Crippen LogP contribution in [0.4, 0.5) is 0 Å². The number of rotatable bonds is 1. The van der Waals surface area contributed by atoms with Crippen LogP contribution in [-0.4, -0.2) is 5.78 Å². The van der Waals surface area contributed by atoms with E-state index in [0.717, 1.165) is 4.90 Å². The molecule has 1 aromatic rings. The van der Waals surface area contributed by atoms with Crippen LogP contribution >= 0.6 is 12.6 Å². The minimum absolute atomic E-state index is 0.0607. The molecule has 0 fully saturated rings. The summed E-state index contributed by atoms with van der Waals surface area (Å²) in [4.78, 5) is 11.6. The summed E-state index contributed by atoms with van der Waals surface area (Å²) >= 11 is 4.12. The zero-order valence-corrected chi connectivity index (χ0v) is 11.3. The topological polar surface area (TPSA) is 17.1 Å². The Morgan fingerprint density at radius 3 is 1.87 bits per heavy atom. The highest BCUT2D eigenvalue weighted by Crippen LogP contribution is 2.12. The molecule has 0 aromatic heterocycles. The largest absolute Gasteiger partial charge is 0.294 e. The van der Waals surface area contributed by atoms with Gasteiger partial charge in [0.15, 0.2) is 5.78 Å². The van der Waals surface area contributed by atoms with Crippen molar-refractivity contribution < 1.29 is 4.79 Å². The zero-order chi connectivity index (χ0) is 12.3. The Bertz CT molecular complexity index is 269. The summed E-state index contributed by atoms with van der Waals surface area (Å²) in [5, 5.41) is 0. The molecule has 1 aromatic carbocycles. The van der Waals surface area contributed by atoms with E-state index in [1.165, 1.54) is 13.3 Å². The van der Waals surface area contributed by atoms with E-state index in [2.05, 4.69) is 26.5 Å². The van der Waals surface area contributed by atoms with Gasteiger partial charge in [0, 0.05) is 10.5 Å². The summed E-state index contributed by atoms with van der Waals surface area (Å²) in [6.07, 6.45) is 1.25. The second-order valence-corrected chi connectivity index (χ2v) is 3.26. The molecule has 0 saturated carbocycles. The van der Waals surface area contributed by atoms with Crippen LogP contribution in [0.15, 0.2) is 29.2 Å². The number of ketones is 1. The van der Waals surface area contributed by atoms with Crippen molar-refractivity contribution in [3.05, 3.63) is 29.8 Å². The van der Waals surface area contributed by atoms with E-state index in [9.17, 15) is 4.79 Å². The number of carbonyl (C=O) groups is 1. The first-order valence-electron chi connectivity index (χ1n) is 5.42. The standard InChI is InChI=1S/C8H8OS.C3H8.C2H6/c1-6(9)7-4-2-3-5-8(7)10;1-3-2;1-2/h2-5,10H,1H3;3H2,1-2H3;1-2H3. The van der Waals surface area contributed by atoms with Crippen molar-refractivity contribution in [2.24, 2.45) is 0 Å². The van der Waals surface area contributed by atoms with Crippen molar-refractivity contribution in [3.63, 3.8) is 0 Å². The zero-order valence-electron chi connectivity index (χ0n) is 10.4. The lowest BCUT2D eigenvalue weighted by molar-refractivity contribution is 0.101. The van der Waals surface area contributed by atoms with Crippen LogP contribution in [0.25, 0.3) is 0 Å². The Morgan fingerprint density at radius 2 is 1.60 bits per heavy atom. The van der Waals surface area contributed by atoms with Gasteiger partial charge in [0.2, 0.25) is 0 Å². The average molecular weight is 226 g/mol. The van der Waals surface area contributed by atoms with E-state index in [-0.39, 0.29) is 5.78 Å². The molecule has 0 unspecified atom stereocenters. The Balaban J connectivity index is 0. The summed E-state index contributed by atoms with van der Waals surface area (Å²) in [6, 6.07) is 7.26. The van der Waals surface area contributed by atoms with Crippen molar-refractivity contribution in [2.75, 3.05) is 0 Å². The van der Waals surface area contributed by atoms with E-state index in [1.807, 2.05) is 26.0 Å². The fraction of sp³-hybridized carbons (Fsp3) is 0.462. The molecule has 0 heterocycles. The van der Waals surface area contributed by atoms with E-state index < -0.39 is 0 Å². The molecule has 0 aliphatic heterocycles. The highest BCUT2D eigenvalue weighted by molar-refractivity contribution is 7.80. The molecule has 0 spiro atoms. The van der Waals surface area contributed by atoms with E-state index in [1.54, 1.807) is 12.1 Å². The number of carbonyl (C=O) groups excluding carboxylic acids is 1. The molecular weight excluding hydrogens is 204 g/mol. The first-order valence-corrected chi connectivity index (χ1v) is 5.87. The maximum absolute atomic E-state index is 10.8. The summed E-state index contributed by atoms with van der Waals surface area (Å²) in [5.41, 5.74) is 0.686. The van der Waals surface area contributed by atoms with Gasteiger partial charge in [-0.1, -0.05) is 52.3 Å². The van der Waals surface area contributed by atoms with Crippen LogP contribution in [0.5, 0.6) is 0 Å². The van der Waals surface area contributed by atoms with Gasteiger partial charge in [0.1, 0.15) is 0 Å². The van der Waals surface area contributed by atoms with Gasteiger partial charge < -0.3 is 0 Å². The molecule has 0 bridgehead atoms. The monoisotopic (exact) mass is 226 g/mol. The van der Waals surface area contributed by atoms with Gasteiger partial charge in [-0.3, -0.25) is 4.79 Å². The average Bonchev–Trinajstić information content (AvgIpc) is 2.22. The lowest BCUT2D eigenvalue weighted by Gasteiger charge is -1.96. The van der Waals surface area contributed by atoms with Gasteiger partial charge >= 0.3 is 0 Å². The highest BCUT2D eigenvalue weighted by Gasteiger charge is 2.00. The molecule has 0 atom stereocenters. The Morgan fingerprint density at radius 1 is 1.20 bits per heavy atom. The Labute approximate surface area is 99.3 Å². The molecule has 15 heavy (non-hydrogen) atoms. The van der Waals surface area contributed by atoms with E-state index in [4.69, 9.17) is 0 Å². The number of Topliss-reactive ketones (excluding diaryl/α,β-unsaturated/α-hetero) is 1. The molecule has 1 rings (SSSR count). The molecule has 0 aliphatic carbocycles. The maximum atomic E-state index is 10.8. The minimum Gasteiger partial charge on any atom is -0.294 e. The number of hydrogen-bond donors (Lipinski definition) is 1. The molecule has 1 nitrogen and oxygen atoms in total. The quantitative estimate of drug-likeness (QED) is 0.546. The third-order valence-corrected chi connectivity index (χ3v) is 1.67. The third kappa shape index (κ3) is 8.25. The fourth-order valence-electron chi connectivity index (χ4n) is 0.771. The van der Waals surface area contributed by atoms with Crippen LogP contribution in [0.1, 0.15) is 51.4 Å². The molecule has 0 radical (unpaired) electrons. The Kier molecular flexibility index (Phi) is 12.6. The molecule has 86 valence electrons. The number of hydrogen-bond acceptors (Lipinski definition) is 2. The van der Waals surface area contributed by atoms with Gasteiger partial charge in [0.05, 0.1) is 0 Å². The van der Waals surface area contributed by atoms with Gasteiger partial charge in [-0.2, -0.15) is 0 Å². The normalized spacial score (nSPS) is 7.87. The van der Waals surface area contributed by atoms with Crippen molar-refractivity contribution in [1.29, 1.82) is 0 Å². The van der Waals surface area contributed by atoms with Crippen molar-refractivity contribution in [3.8, 4) is 0 Å². The van der Waals surface area contributed by atoms with Crippen LogP contribution in [-0.2, 0) is 0 Å². The molecule has 0 amide bonds. The molecule has 2 heteroatoms. The van der Waals surface area contributed by atoms with Crippen molar-refractivity contribution >= 4 is 18.4 Å². The molecule has 0 saturated heterocycles. The number of thiol groups is 1.